The topological polar surface area (TPSA) is 45.9 Å². The first-order valence-corrected chi connectivity index (χ1v) is 18.2. The number of hydrogen-bond acceptors (Lipinski definition) is 5. The quantitative estimate of drug-likeness (QED) is 0.171. The van der Waals surface area contributed by atoms with E-state index in [-0.39, 0.29) is 0 Å². The second-order valence-corrected chi connectivity index (χ2v) is 13.9. The van der Waals surface area contributed by atoms with Crippen molar-refractivity contribution in [2.24, 2.45) is 0 Å². The van der Waals surface area contributed by atoms with Crippen LogP contribution in [0.4, 0.5) is 34.1 Å². The lowest BCUT2D eigenvalue weighted by Gasteiger charge is -2.25. The van der Waals surface area contributed by atoms with Gasteiger partial charge in [0.2, 0.25) is 0 Å². The Bertz CT molecular complexity index is 3200. The molecule has 11 aromatic rings. The van der Waals surface area contributed by atoms with Crippen molar-refractivity contribution in [1.29, 1.82) is 0 Å². The van der Waals surface area contributed by atoms with Gasteiger partial charge in [-0.2, -0.15) is 0 Å². The molecule has 0 unspecified atom stereocenters. The van der Waals surface area contributed by atoms with Crippen molar-refractivity contribution in [3.05, 3.63) is 181 Å². The highest BCUT2D eigenvalue weighted by Gasteiger charge is 2.22. The number of para-hydroxylation sites is 5. The minimum absolute atomic E-state index is 0.632. The van der Waals surface area contributed by atoms with Crippen LogP contribution in [0.25, 0.3) is 65.8 Å². The molecule has 0 fully saturated rings. The maximum Gasteiger partial charge on any atom is 0.159 e. The predicted molar refractivity (Wildman–Crippen MR) is 223 cm³/mol. The van der Waals surface area contributed by atoms with E-state index in [1.165, 1.54) is 0 Å². The van der Waals surface area contributed by atoms with Crippen LogP contribution < -0.4 is 9.80 Å². The van der Waals surface area contributed by atoms with E-state index < -0.39 is 0 Å². The van der Waals surface area contributed by atoms with Crippen LogP contribution in [-0.2, 0) is 0 Å². The zero-order chi connectivity index (χ0) is 35.8. The Morgan fingerprint density at radius 3 is 1.70 bits per heavy atom. The smallest absolute Gasteiger partial charge is 0.159 e. The lowest BCUT2D eigenvalue weighted by Crippen LogP contribution is -2.10. The van der Waals surface area contributed by atoms with E-state index in [0.717, 1.165) is 99.9 Å². The van der Waals surface area contributed by atoms with Gasteiger partial charge in [-0.25, -0.2) is 0 Å². The van der Waals surface area contributed by atoms with E-state index in [1.807, 2.05) is 66.7 Å². The predicted octanol–water partition coefficient (Wildman–Crippen LogP) is 15.0. The molecule has 0 bridgehead atoms. The second-order valence-electron chi connectivity index (χ2n) is 13.5. The van der Waals surface area contributed by atoms with Gasteiger partial charge in [0.05, 0.1) is 16.4 Å². The first-order chi connectivity index (χ1) is 26.7. The average molecular weight is 717 g/mol. The van der Waals surface area contributed by atoms with Crippen LogP contribution in [0.1, 0.15) is 0 Å². The molecule has 8 aromatic carbocycles. The third kappa shape index (κ3) is 4.79. The van der Waals surface area contributed by atoms with Gasteiger partial charge in [-0.05, 0) is 78.9 Å². The molecule has 11 rings (SSSR count). The highest BCUT2D eigenvalue weighted by molar-refractivity contribution is 6.38. The summed E-state index contributed by atoms with van der Waals surface area (Å²) in [4.78, 5) is 4.44. The Hall–Kier alpha value is -6.95. The molecule has 256 valence electrons. The van der Waals surface area contributed by atoms with E-state index >= 15 is 0 Å². The van der Waals surface area contributed by atoms with Gasteiger partial charge in [0, 0.05) is 67.2 Å². The minimum Gasteiger partial charge on any atom is -0.456 e. The number of rotatable bonds is 6. The van der Waals surface area contributed by atoms with Crippen molar-refractivity contribution in [2.75, 3.05) is 9.80 Å². The third-order valence-corrected chi connectivity index (χ3v) is 10.6. The Balaban J connectivity index is 1.06. The van der Waals surface area contributed by atoms with Crippen molar-refractivity contribution in [1.82, 2.24) is 0 Å². The molecule has 0 saturated heterocycles. The summed E-state index contributed by atoms with van der Waals surface area (Å²) >= 11 is 7.02. The number of fused-ring (bicyclic) bond motifs is 9. The summed E-state index contributed by atoms with van der Waals surface area (Å²) in [5, 5.41) is 6.75. The van der Waals surface area contributed by atoms with Crippen LogP contribution in [0.2, 0.25) is 5.02 Å². The number of hydrogen-bond donors (Lipinski definition) is 0. The Labute approximate surface area is 314 Å². The molecule has 3 aromatic heterocycles. The molecule has 3 heterocycles. The number of anilines is 6. The number of nitrogens with zero attached hydrogens (tertiary/aromatic N) is 2. The fraction of sp³-hybridized carbons (Fsp3) is 0. The van der Waals surface area contributed by atoms with Gasteiger partial charge in [-0.1, -0.05) is 96.5 Å². The lowest BCUT2D eigenvalue weighted by atomic mass is 10.1. The standard InChI is InChI=1S/C48H29ClN2O3/c49-40-27-34(29-46-47(40)38-17-8-10-21-43(38)53-46)50(30-12-3-1-4-13-30)33-22-24-36-39-26-32(23-25-44(39)52-45(36)28-33)51(31-14-5-2-6-15-31)41-19-11-18-37-35-16-7-9-20-42(35)54-48(37)41/h1-29H. The van der Waals surface area contributed by atoms with Gasteiger partial charge in [-0.3, -0.25) is 0 Å². The largest absolute Gasteiger partial charge is 0.456 e. The molecule has 0 spiro atoms. The highest BCUT2D eigenvalue weighted by atomic mass is 35.5. The Morgan fingerprint density at radius 2 is 0.907 bits per heavy atom. The molecular formula is C48H29ClN2O3. The molecule has 0 radical (unpaired) electrons. The van der Waals surface area contributed by atoms with Crippen LogP contribution in [0.3, 0.4) is 0 Å². The fourth-order valence-corrected chi connectivity index (χ4v) is 8.20. The fourth-order valence-electron chi connectivity index (χ4n) is 7.89. The zero-order valence-electron chi connectivity index (χ0n) is 28.7. The van der Waals surface area contributed by atoms with Crippen molar-refractivity contribution < 1.29 is 13.3 Å². The molecular weight excluding hydrogens is 688 g/mol. The van der Waals surface area contributed by atoms with Gasteiger partial charge in [-0.15, -0.1) is 0 Å². The van der Waals surface area contributed by atoms with E-state index in [9.17, 15) is 0 Å². The van der Waals surface area contributed by atoms with E-state index in [1.54, 1.807) is 0 Å². The molecule has 0 aliphatic rings. The van der Waals surface area contributed by atoms with Crippen molar-refractivity contribution in [2.45, 2.75) is 0 Å². The lowest BCUT2D eigenvalue weighted by molar-refractivity contribution is 0.668. The molecule has 0 aliphatic carbocycles. The summed E-state index contributed by atoms with van der Waals surface area (Å²) in [6, 6.07) is 60.0. The number of halogens is 1. The van der Waals surface area contributed by atoms with Crippen LogP contribution in [0.5, 0.6) is 0 Å². The monoisotopic (exact) mass is 716 g/mol. The van der Waals surface area contributed by atoms with Crippen LogP contribution in [0.15, 0.2) is 189 Å². The van der Waals surface area contributed by atoms with Gasteiger partial charge in [0.25, 0.3) is 0 Å². The molecule has 0 atom stereocenters. The van der Waals surface area contributed by atoms with Crippen molar-refractivity contribution >= 4 is 112 Å². The Kier molecular flexibility index (Phi) is 6.84. The summed E-state index contributed by atoms with van der Waals surface area (Å²) in [5.41, 5.74) is 10.6. The third-order valence-electron chi connectivity index (χ3n) is 10.3. The first kappa shape index (κ1) is 30.7. The summed E-state index contributed by atoms with van der Waals surface area (Å²) < 4.78 is 19.4. The SMILES string of the molecule is Clc1cc(N(c2ccccc2)c2ccc3c(c2)oc2ccc(N(c4ccccc4)c4cccc5c4oc4ccccc45)cc23)cc2oc3ccccc3c12. The second kappa shape index (κ2) is 12.1. The molecule has 0 aliphatic heterocycles. The maximum absolute atomic E-state index is 7.02. The molecule has 54 heavy (non-hydrogen) atoms. The Morgan fingerprint density at radius 1 is 0.333 bits per heavy atom. The highest BCUT2D eigenvalue weighted by Crippen LogP contribution is 2.46. The molecule has 5 nitrogen and oxygen atoms in total. The van der Waals surface area contributed by atoms with Crippen molar-refractivity contribution in [3.63, 3.8) is 0 Å². The molecule has 0 amide bonds. The van der Waals surface area contributed by atoms with E-state index in [0.29, 0.717) is 5.02 Å². The number of furan rings is 3. The summed E-state index contributed by atoms with van der Waals surface area (Å²) in [5.74, 6) is 0. The normalized spacial score (nSPS) is 11.8. The first-order valence-electron chi connectivity index (χ1n) is 17.9. The maximum atomic E-state index is 7.02. The van der Waals surface area contributed by atoms with Gasteiger partial charge >= 0.3 is 0 Å². The number of benzene rings is 8. The van der Waals surface area contributed by atoms with Crippen LogP contribution in [0, 0.1) is 0 Å². The van der Waals surface area contributed by atoms with E-state index in [4.69, 9.17) is 24.9 Å². The summed E-state index contributed by atoms with van der Waals surface area (Å²) in [7, 11) is 0. The summed E-state index contributed by atoms with van der Waals surface area (Å²) in [6.45, 7) is 0. The van der Waals surface area contributed by atoms with Gasteiger partial charge in [0.15, 0.2) is 5.58 Å². The average Bonchev–Trinajstić information content (AvgIpc) is 3.90. The van der Waals surface area contributed by atoms with Gasteiger partial charge in [0.1, 0.15) is 27.9 Å². The minimum atomic E-state index is 0.632. The van der Waals surface area contributed by atoms with Crippen LogP contribution >= 0.6 is 11.6 Å². The molecule has 0 N–H and O–H groups in total. The van der Waals surface area contributed by atoms with Crippen molar-refractivity contribution in [3.8, 4) is 0 Å². The molecule has 0 saturated carbocycles. The zero-order valence-corrected chi connectivity index (χ0v) is 29.5. The van der Waals surface area contributed by atoms with Crippen LogP contribution in [-0.4, -0.2) is 0 Å². The molecule has 6 heteroatoms. The van der Waals surface area contributed by atoms with E-state index in [2.05, 4.69) is 119 Å². The summed E-state index contributed by atoms with van der Waals surface area (Å²) in [6.07, 6.45) is 0. The van der Waals surface area contributed by atoms with Gasteiger partial charge < -0.3 is 23.1 Å².